The van der Waals surface area contributed by atoms with Gasteiger partial charge in [0.15, 0.2) is 0 Å². The zero-order chi connectivity index (χ0) is 25.5. The van der Waals surface area contributed by atoms with E-state index in [4.69, 9.17) is 4.52 Å². The molecule has 3 rings (SSSR count). The molecule has 3 N–H and O–H groups in total. The highest BCUT2D eigenvalue weighted by molar-refractivity contribution is 7.61. The van der Waals surface area contributed by atoms with Crippen LogP contribution in [-0.2, 0) is 20.0 Å². The van der Waals surface area contributed by atoms with Crippen molar-refractivity contribution >= 4 is 25.8 Å². The summed E-state index contributed by atoms with van der Waals surface area (Å²) < 4.78 is 30.8. The van der Waals surface area contributed by atoms with Crippen molar-refractivity contribution in [2.75, 3.05) is 0 Å². The van der Waals surface area contributed by atoms with Crippen LogP contribution in [0.25, 0.3) is 11.1 Å². The normalized spacial score (nSPS) is 14.5. The molecule has 0 aliphatic carbocycles. The summed E-state index contributed by atoms with van der Waals surface area (Å²) in [6.45, 7) is 12.4. The van der Waals surface area contributed by atoms with Crippen molar-refractivity contribution in [3.8, 4) is 16.9 Å². The monoisotopic (exact) mass is 502 g/mol. The van der Waals surface area contributed by atoms with Crippen LogP contribution < -0.4 is 15.1 Å². The van der Waals surface area contributed by atoms with Crippen molar-refractivity contribution < 1.29 is 28.3 Å². The Hall–Kier alpha value is -2.20. The van der Waals surface area contributed by atoms with Crippen molar-refractivity contribution in [1.82, 2.24) is 0 Å². The molecule has 0 saturated heterocycles. The predicted molar refractivity (Wildman–Crippen MR) is 137 cm³/mol. The molecule has 0 aliphatic rings. The van der Waals surface area contributed by atoms with Crippen LogP contribution in [0, 0.1) is 0 Å². The van der Waals surface area contributed by atoms with Gasteiger partial charge in [-0.2, -0.15) is 0 Å². The van der Waals surface area contributed by atoms with Gasteiger partial charge >= 0.3 is 15.2 Å². The third kappa shape index (κ3) is 6.07. The maximum absolute atomic E-state index is 13.4. The third-order valence-electron chi connectivity index (χ3n) is 5.56. The fourth-order valence-electron chi connectivity index (χ4n) is 3.58. The van der Waals surface area contributed by atoms with E-state index in [1.165, 1.54) is 30.3 Å². The molecule has 0 spiro atoms. The Morgan fingerprint density at radius 1 is 0.676 bits per heavy atom. The maximum Gasteiger partial charge on any atom is 0.408 e. The highest BCUT2D eigenvalue weighted by Crippen LogP contribution is 2.46. The average Bonchev–Trinajstić information content (AvgIpc) is 2.72. The average molecular weight is 502 g/mol. The molecule has 0 aliphatic heterocycles. The molecule has 3 aromatic carbocycles. The van der Waals surface area contributed by atoms with Crippen molar-refractivity contribution in [3.05, 3.63) is 77.9 Å². The van der Waals surface area contributed by atoms with E-state index in [2.05, 4.69) is 20.8 Å². The lowest BCUT2D eigenvalue weighted by molar-refractivity contribution is 0.385. The predicted octanol–water partition coefficient (Wildman–Crippen LogP) is 5.64. The van der Waals surface area contributed by atoms with E-state index in [0.717, 1.165) is 11.1 Å². The Bertz CT molecular complexity index is 1300. The van der Waals surface area contributed by atoms with Crippen LogP contribution in [0.15, 0.2) is 66.7 Å². The molecule has 8 heteroatoms. The van der Waals surface area contributed by atoms with Gasteiger partial charge in [-0.05, 0) is 57.9 Å². The van der Waals surface area contributed by atoms with Crippen LogP contribution in [-0.4, -0.2) is 14.7 Å². The Kier molecular flexibility index (Phi) is 7.07. The molecule has 1 unspecified atom stereocenters. The van der Waals surface area contributed by atoms with Gasteiger partial charge in [-0.3, -0.25) is 4.57 Å². The van der Waals surface area contributed by atoms with Gasteiger partial charge in [0, 0.05) is 5.56 Å². The minimum atomic E-state index is -4.42. The van der Waals surface area contributed by atoms with Gasteiger partial charge in [0.05, 0.1) is 10.6 Å². The molecular formula is C26H32O6P2. The number of rotatable bonds is 5. The quantitative estimate of drug-likeness (QED) is 0.390. The van der Waals surface area contributed by atoms with E-state index in [-0.39, 0.29) is 21.4 Å². The number of benzene rings is 3. The van der Waals surface area contributed by atoms with Gasteiger partial charge in [0.2, 0.25) is 0 Å². The summed E-state index contributed by atoms with van der Waals surface area (Å²) in [6.07, 6.45) is 0. The van der Waals surface area contributed by atoms with Gasteiger partial charge in [0.25, 0.3) is 0 Å². The molecule has 0 saturated carbocycles. The summed E-state index contributed by atoms with van der Waals surface area (Å²) >= 11 is 0. The van der Waals surface area contributed by atoms with Crippen molar-refractivity contribution in [3.63, 3.8) is 0 Å². The summed E-state index contributed by atoms with van der Waals surface area (Å²) in [5.41, 5.74) is 2.60. The molecule has 0 fully saturated rings. The van der Waals surface area contributed by atoms with Crippen molar-refractivity contribution in [1.29, 1.82) is 0 Å². The third-order valence-corrected chi connectivity index (χ3v) is 7.89. The fraction of sp³-hybridized carbons (Fsp3) is 0.308. The second-order valence-corrected chi connectivity index (χ2v) is 13.8. The first kappa shape index (κ1) is 26.4. The van der Waals surface area contributed by atoms with Crippen LogP contribution >= 0.6 is 15.2 Å². The molecule has 0 bridgehead atoms. The summed E-state index contributed by atoms with van der Waals surface area (Å²) in [5.74, 6) is 0.347. The molecule has 6 nitrogen and oxygen atoms in total. The first-order valence-electron chi connectivity index (χ1n) is 10.9. The molecule has 3 aromatic rings. The first-order valence-corrected chi connectivity index (χ1v) is 14.1. The topological polar surface area (TPSA) is 104 Å². The lowest BCUT2D eigenvalue weighted by Gasteiger charge is -2.28. The van der Waals surface area contributed by atoms with Gasteiger partial charge in [-0.1, -0.05) is 77.9 Å². The zero-order valence-electron chi connectivity index (χ0n) is 20.3. The van der Waals surface area contributed by atoms with E-state index in [1.54, 1.807) is 24.3 Å². The minimum Gasteiger partial charge on any atom is -0.421 e. The summed E-state index contributed by atoms with van der Waals surface area (Å²) in [7, 11) is -8.69. The van der Waals surface area contributed by atoms with E-state index >= 15 is 0 Å². The van der Waals surface area contributed by atoms with Gasteiger partial charge in [-0.15, -0.1) is 0 Å². The van der Waals surface area contributed by atoms with E-state index in [0.29, 0.717) is 16.9 Å². The summed E-state index contributed by atoms with van der Waals surface area (Å²) in [6, 6.07) is 18.0. The molecule has 34 heavy (non-hydrogen) atoms. The molecular weight excluding hydrogens is 470 g/mol. The van der Waals surface area contributed by atoms with Gasteiger partial charge in [-0.25, -0.2) is 4.57 Å². The first-order chi connectivity index (χ1) is 15.5. The summed E-state index contributed by atoms with van der Waals surface area (Å²) in [5, 5.41) is -0.0288. The second kappa shape index (κ2) is 9.11. The largest absolute Gasteiger partial charge is 0.421 e. The molecule has 0 heterocycles. The van der Waals surface area contributed by atoms with Crippen LogP contribution in [0.5, 0.6) is 5.75 Å². The lowest BCUT2D eigenvalue weighted by atomic mass is 9.80. The molecule has 0 radical (unpaired) electrons. The van der Waals surface area contributed by atoms with Crippen molar-refractivity contribution in [2.24, 2.45) is 0 Å². The SMILES string of the molecule is CC(C)(C)c1ccc(OP(=O)(O)c2cccc(-c3cccc(P(=O)(O)O)c3)c2)c(C(C)(C)C)c1. The van der Waals surface area contributed by atoms with E-state index < -0.39 is 15.2 Å². The van der Waals surface area contributed by atoms with E-state index in [9.17, 15) is 23.8 Å². The van der Waals surface area contributed by atoms with Crippen LogP contribution in [0.1, 0.15) is 52.7 Å². The molecule has 1 atom stereocenters. The molecule has 0 amide bonds. The number of hydrogen-bond acceptors (Lipinski definition) is 3. The maximum atomic E-state index is 13.4. The Morgan fingerprint density at radius 3 is 1.71 bits per heavy atom. The van der Waals surface area contributed by atoms with E-state index in [1.807, 2.05) is 32.9 Å². The Balaban J connectivity index is 2.02. The second-order valence-electron chi connectivity index (χ2n) is 10.5. The Morgan fingerprint density at radius 2 is 1.21 bits per heavy atom. The Labute approximate surface area is 201 Å². The van der Waals surface area contributed by atoms with Gasteiger partial charge in [0.1, 0.15) is 5.75 Å². The van der Waals surface area contributed by atoms with Crippen LogP contribution in [0.2, 0.25) is 0 Å². The smallest absolute Gasteiger partial charge is 0.408 e. The van der Waals surface area contributed by atoms with Crippen LogP contribution in [0.4, 0.5) is 0 Å². The fourth-order valence-corrected chi connectivity index (χ4v) is 5.27. The lowest BCUT2D eigenvalue weighted by Crippen LogP contribution is -2.18. The van der Waals surface area contributed by atoms with Crippen molar-refractivity contribution in [2.45, 2.75) is 52.4 Å². The highest BCUT2D eigenvalue weighted by Gasteiger charge is 2.30. The molecule has 0 aromatic heterocycles. The molecule has 182 valence electrons. The standard InChI is InChI=1S/C26H32O6P2/c1-25(2,3)20-13-14-24(23(17-20)26(4,5)6)32-34(30,31)22-12-8-10-19(16-22)18-9-7-11-21(15-18)33(27,28)29/h7-17H,1-6H3,(H,30,31)(H2,27,28,29). The van der Waals surface area contributed by atoms with Crippen LogP contribution in [0.3, 0.4) is 0 Å². The highest BCUT2D eigenvalue weighted by atomic mass is 31.2. The zero-order valence-corrected chi connectivity index (χ0v) is 22.1. The minimum absolute atomic E-state index is 0.0859. The summed E-state index contributed by atoms with van der Waals surface area (Å²) in [4.78, 5) is 29.9. The number of hydrogen-bond donors (Lipinski definition) is 3. The van der Waals surface area contributed by atoms with Gasteiger partial charge < -0.3 is 19.2 Å².